The number of carbonyl (C=O) groups excluding carboxylic acids is 7. The minimum Gasteiger partial charge on any atom is -0.508 e. The van der Waals surface area contributed by atoms with Crippen LogP contribution >= 0.6 is 0 Å². The van der Waals surface area contributed by atoms with Crippen LogP contribution in [-0.2, 0) is 72.6 Å². The predicted octanol–water partition coefficient (Wildman–Crippen LogP) is 6.69. The lowest BCUT2D eigenvalue weighted by Gasteiger charge is -2.23. The first-order valence-electron chi connectivity index (χ1n) is 25.4. The SMILES string of the molecule is Cc1cc(O)cc(C)c1C[C@H](N=C(NC(=O)OCc1ccccc1)NC(=O)OCc1ccccc1)C(=O)N[C@H](C)C(=O)NCC(Cc1ccccc1)NC(=O)CN=C(NC(=O)OCc1ccccc1)NC(=O)OCc1ccccc1. The first-order chi connectivity index (χ1) is 38.6. The summed E-state index contributed by atoms with van der Waals surface area (Å²) in [6, 6.07) is 44.1. The molecule has 7 amide bonds. The Morgan fingerprint density at radius 2 is 0.863 bits per heavy atom. The second-order valence-corrected chi connectivity index (χ2v) is 18.1. The van der Waals surface area contributed by atoms with Gasteiger partial charge in [-0.15, -0.1) is 0 Å². The molecule has 0 fully saturated rings. The normalized spacial score (nSPS) is 11.6. The molecule has 21 heteroatoms. The molecule has 0 saturated carbocycles. The van der Waals surface area contributed by atoms with Crippen molar-refractivity contribution < 1.29 is 57.6 Å². The predicted molar refractivity (Wildman–Crippen MR) is 297 cm³/mol. The van der Waals surface area contributed by atoms with Crippen molar-refractivity contribution in [3.05, 3.63) is 208 Å². The molecule has 0 aliphatic carbocycles. The molecule has 0 bridgehead atoms. The Kier molecular flexibility index (Phi) is 23.1. The summed E-state index contributed by atoms with van der Waals surface area (Å²) in [4.78, 5) is 103. The van der Waals surface area contributed by atoms with Crippen molar-refractivity contribution in [3.63, 3.8) is 0 Å². The molecule has 0 aromatic heterocycles. The summed E-state index contributed by atoms with van der Waals surface area (Å²) in [6.07, 6.45) is -3.89. The Hall–Kier alpha value is -10.1. The summed E-state index contributed by atoms with van der Waals surface area (Å²) in [5, 5.41) is 28.2. The molecule has 0 saturated heterocycles. The average molecular weight is 1090 g/mol. The average Bonchev–Trinajstić information content (AvgIpc) is 3.45. The minimum absolute atomic E-state index is 0.00774. The Labute approximate surface area is 462 Å². The van der Waals surface area contributed by atoms with E-state index in [1.165, 1.54) is 19.1 Å². The molecular formula is C59H63N9O12. The van der Waals surface area contributed by atoms with Crippen molar-refractivity contribution in [2.45, 2.75) is 78.2 Å². The monoisotopic (exact) mass is 1090 g/mol. The van der Waals surface area contributed by atoms with Gasteiger partial charge in [0.05, 0.1) is 6.04 Å². The van der Waals surface area contributed by atoms with Crippen LogP contribution < -0.4 is 37.2 Å². The van der Waals surface area contributed by atoms with Crippen molar-refractivity contribution in [2.75, 3.05) is 13.1 Å². The molecule has 1 unspecified atom stereocenters. The highest BCUT2D eigenvalue weighted by atomic mass is 16.6. The van der Waals surface area contributed by atoms with E-state index in [2.05, 4.69) is 47.2 Å². The molecular weight excluding hydrogens is 1030 g/mol. The molecule has 416 valence electrons. The third kappa shape index (κ3) is 21.2. The summed E-state index contributed by atoms with van der Waals surface area (Å²) >= 11 is 0. The number of nitrogens with zero attached hydrogens (tertiary/aromatic N) is 2. The number of phenolic OH excluding ortho intramolecular Hbond substituents is 1. The van der Waals surface area contributed by atoms with Crippen LogP contribution in [0.3, 0.4) is 0 Å². The third-order valence-corrected chi connectivity index (χ3v) is 11.7. The molecule has 6 rings (SSSR count). The molecule has 0 heterocycles. The van der Waals surface area contributed by atoms with Crippen molar-refractivity contribution in [1.82, 2.24) is 37.2 Å². The molecule has 0 spiro atoms. The van der Waals surface area contributed by atoms with E-state index in [-0.39, 0.29) is 51.6 Å². The molecule has 8 N–H and O–H groups in total. The van der Waals surface area contributed by atoms with Crippen molar-refractivity contribution in [3.8, 4) is 5.75 Å². The van der Waals surface area contributed by atoms with E-state index in [1.54, 1.807) is 123 Å². The van der Waals surface area contributed by atoms with Gasteiger partial charge in [-0.2, -0.15) is 0 Å². The fourth-order valence-electron chi connectivity index (χ4n) is 7.72. The van der Waals surface area contributed by atoms with Crippen LogP contribution in [0.4, 0.5) is 19.2 Å². The van der Waals surface area contributed by atoms with Crippen LogP contribution in [0.1, 0.15) is 51.4 Å². The fourth-order valence-corrected chi connectivity index (χ4v) is 7.72. The number of guanidine groups is 2. The Morgan fingerprint density at radius 1 is 0.487 bits per heavy atom. The van der Waals surface area contributed by atoms with Gasteiger partial charge in [0.25, 0.3) is 0 Å². The smallest absolute Gasteiger partial charge is 0.414 e. The summed E-state index contributed by atoms with van der Waals surface area (Å²) in [5.41, 5.74) is 5.37. The Bertz CT molecular complexity index is 2940. The largest absolute Gasteiger partial charge is 0.508 e. The summed E-state index contributed by atoms with van der Waals surface area (Å²) in [6.45, 7) is 3.67. The molecule has 21 nitrogen and oxygen atoms in total. The lowest BCUT2D eigenvalue weighted by molar-refractivity contribution is -0.129. The van der Waals surface area contributed by atoms with E-state index >= 15 is 0 Å². The van der Waals surface area contributed by atoms with Gasteiger partial charge in [0.2, 0.25) is 29.6 Å². The lowest BCUT2D eigenvalue weighted by Crippen LogP contribution is -2.52. The van der Waals surface area contributed by atoms with Crippen LogP contribution in [0, 0.1) is 13.8 Å². The number of amides is 7. The highest BCUT2D eigenvalue weighted by Gasteiger charge is 2.27. The third-order valence-electron chi connectivity index (χ3n) is 11.7. The highest BCUT2D eigenvalue weighted by Crippen LogP contribution is 2.23. The van der Waals surface area contributed by atoms with E-state index < -0.39 is 78.7 Å². The number of rotatable bonds is 21. The van der Waals surface area contributed by atoms with E-state index in [0.717, 1.165) is 5.56 Å². The molecule has 80 heavy (non-hydrogen) atoms. The summed E-state index contributed by atoms with van der Waals surface area (Å²) in [5.74, 6) is -3.06. The van der Waals surface area contributed by atoms with Gasteiger partial charge in [-0.05, 0) is 83.8 Å². The zero-order valence-electron chi connectivity index (χ0n) is 44.3. The zero-order chi connectivity index (χ0) is 57.1. The number of benzene rings is 6. The first-order valence-corrected chi connectivity index (χ1v) is 25.4. The second kappa shape index (κ2) is 31.2. The summed E-state index contributed by atoms with van der Waals surface area (Å²) in [7, 11) is 0. The van der Waals surface area contributed by atoms with Gasteiger partial charge in [0, 0.05) is 13.0 Å². The van der Waals surface area contributed by atoms with Gasteiger partial charge in [-0.1, -0.05) is 152 Å². The van der Waals surface area contributed by atoms with E-state index in [1.807, 2.05) is 42.5 Å². The number of nitrogens with one attached hydrogen (secondary N) is 7. The number of hydrogen-bond acceptors (Lipinski definition) is 14. The lowest BCUT2D eigenvalue weighted by atomic mass is 9.95. The number of aliphatic imine (C=N–C) groups is 2. The van der Waals surface area contributed by atoms with Crippen LogP contribution in [0.25, 0.3) is 0 Å². The number of carbonyl (C=O) groups is 7. The molecule has 3 atom stereocenters. The maximum Gasteiger partial charge on any atom is 0.414 e. The topological polar surface area (TPSA) is 286 Å². The zero-order valence-corrected chi connectivity index (χ0v) is 44.3. The Balaban J connectivity index is 1.16. The second-order valence-electron chi connectivity index (χ2n) is 18.1. The highest BCUT2D eigenvalue weighted by molar-refractivity contribution is 6.03. The van der Waals surface area contributed by atoms with Crippen molar-refractivity contribution in [2.24, 2.45) is 9.98 Å². The van der Waals surface area contributed by atoms with Gasteiger partial charge in [0.15, 0.2) is 0 Å². The van der Waals surface area contributed by atoms with Crippen LogP contribution in [0.2, 0.25) is 0 Å². The van der Waals surface area contributed by atoms with Crippen molar-refractivity contribution in [1.29, 1.82) is 0 Å². The number of hydrogen-bond donors (Lipinski definition) is 8. The van der Waals surface area contributed by atoms with Gasteiger partial charge in [-0.25, -0.2) is 29.2 Å². The van der Waals surface area contributed by atoms with E-state index in [0.29, 0.717) is 38.9 Å². The van der Waals surface area contributed by atoms with E-state index in [9.17, 15) is 38.7 Å². The number of alkyl carbamates (subject to hydrolysis) is 4. The van der Waals surface area contributed by atoms with E-state index in [4.69, 9.17) is 18.9 Å². The molecule has 6 aromatic carbocycles. The minimum atomic E-state index is -1.43. The Morgan fingerprint density at radius 3 is 1.26 bits per heavy atom. The molecule has 0 aliphatic heterocycles. The van der Waals surface area contributed by atoms with Gasteiger partial charge < -0.3 is 40.0 Å². The molecule has 0 aliphatic rings. The molecule has 0 radical (unpaired) electrons. The number of aryl methyl sites for hydroxylation is 2. The van der Waals surface area contributed by atoms with Crippen molar-refractivity contribution >= 4 is 54.0 Å². The number of ether oxygens (including phenoxy) is 4. The standard InChI is InChI=1S/C59H63N9O12/c1-39-29-48(69)30-40(2)49(39)32-50(64-55(67-58(75)79-37-45-25-15-7-16-26-45)68-59(76)80-38-46-27-17-8-18-28-46)53(72)62-41(3)52(71)60-33-47(31-42-19-9-4-10-20-42)63-51(70)34-61-54(65-56(73)77-35-43-21-11-5-12-22-43)66-57(74)78-36-44-23-13-6-14-24-44/h4-30,41,47,50,69H,31-38H2,1-3H3,(H,60,71)(H,62,72)(H,63,70)(H2,61,65,66,73,74)(H2,64,67,68,75,76)/t41-,47?,50+/m1/s1. The summed E-state index contributed by atoms with van der Waals surface area (Å²) < 4.78 is 21.4. The quantitative estimate of drug-likeness (QED) is 0.0213. The van der Waals surface area contributed by atoms with Gasteiger partial charge >= 0.3 is 24.4 Å². The maximum absolute atomic E-state index is 14.4. The van der Waals surface area contributed by atoms with Gasteiger partial charge in [0.1, 0.15) is 50.8 Å². The molecule has 6 aromatic rings. The van der Waals surface area contributed by atoms with Gasteiger partial charge in [-0.3, -0.25) is 35.7 Å². The number of aromatic hydroxyl groups is 1. The van der Waals surface area contributed by atoms with Crippen LogP contribution in [0.5, 0.6) is 5.75 Å². The number of phenols is 1. The van der Waals surface area contributed by atoms with Crippen LogP contribution in [0.15, 0.2) is 174 Å². The van der Waals surface area contributed by atoms with Crippen LogP contribution in [-0.4, -0.2) is 90.3 Å². The maximum atomic E-state index is 14.4. The fraction of sp³-hybridized carbons (Fsp3) is 0.237. The first kappa shape index (κ1) is 59.2.